The number of urea groups is 1. The van der Waals surface area contributed by atoms with Crippen molar-refractivity contribution >= 4 is 35.1 Å². The fraction of sp³-hybridized carbons (Fsp3) is 0.357. The number of hydrogen-bond donors (Lipinski definition) is 2. The summed E-state index contributed by atoms with van der Waals surface area (Å²) in [6.07, 6.45) is -2.79. The highest BCUT2D eigenvalue weighted by Crippen LogP contribution is 2.36. The number of anilines is 1. The van der Waals surface area contributed by atoms with Crippen molar-refractivity contribution in [2.24, 2.45) is 0 Å². The fourth-order valence-electron chi connectivity index (χ4n) is 2.10. The molecule has 2 aromatic rings. The van der Waals surface area contributed by atoms with Crippen LogP contribution in [-0.2, 0) is 19.3 Å². The molecule has 0 saturated carbocycles. The molecule has 6 nitrogen and oxygen atoms in total. The van der Waals surface area contributed by atoms with Gasteiger partial charge in [-0.2, -0.15) is 13.2 Å². The summed E-state index contributed by atoms with van der Waals surface area (Å²) in [5, 5.41) is 13.2. The van der Waals surface area contributed by atoms with Gasteiger partial charge in [-0.25, -0.2) is 4.79 Å². The Morgan fingerprint density at radius 3 is 2.68 bits per heavy atom. The lowest BCUT2D eigenvalue weighted by Crippen LogP contribution is -2.30. The average molecular weight is 394 g/mol. The minimum atomic E-state index is -4.64. The smallest absolute Gasteiger partial charge is 0.331 e. The first-order valence-electron chi connectivity index (χ1n) is 7.14. The van der Waals surface area contributed by atoms with Gasteiger partial charge in [-0.15, -0.1) is 10.2 Å². The number of benzene rings is 1. The van der Waals surface area contributed by atoms with Gasteiger partial charge in [-0.05, 0) is 31.4 Å². The summed E-state index contributed by atoms with van der Waals surface area (Å²) in [6, 6.07) is 2.34. The van der Waals surface area contributed by atoms with Gasteiger partial charge in [0, 0.05) is 11.6 Å². The van der Waals surface area contributed by atoms with Crippen molar-refractivity contribution in [1.29, 1.82) is 0 Å². The molecule has 2 rings (SSSR count). The monoisotopic (exact) mass is 393 g/mol. The standard InChI is InChI=1S/C14H15ClF3N5OS/c1-3-23-11(21-22-13(23)25-2)7-19-12(24)20-10-5-4-8(15)6-9(10)14(16,17)18/h4-6H,3,7H2,1-2H3,(H2,19,20,24). The zero-order valence-corrected chi connectivity index (χ0v) is 14.9. The molecule has 0 fully saturated rings. The minimum Gasteiger partial charge on any atom is -0.331 e. The Labute approximate surface area is 151 Å². The van der Waals surface area contributed by atoms with Crippen LogP contribution in [0.3, 0.4) is 0 Å². The molecular weight excluding hydrogens is 379 g/mol. The van der Waals surface area contributed by atoms with Crippen LogP contribution in [0.5, 0.6) is 0 Å². The van der Waals surface area contributed by atoms with Crippen LogP contribution in [0.1, 0.15) is 18.3 Å². The first-order valence-corrected chi connectivity index (χ1v) is 8.74. The number of thioether (sulfide) groups is 1. The largest absolute Gasteiger partial charge is 0.418 e. The van der Waals surface area contributed by atoms with E-state index in [4.69, 9.17) is 11.6 Å². The van der Waals surface area contributed by atoms with Crippen molar-refractivity contribution in [2.45, 2.75) is 31.3 Å². The summed E-state index contributed by atoms with van der Waals surface area (Å²) < 4.78 is 40.8. The SMILES string of the molecule is CCn1c(CNC(=O)Nc2ccc(Cl)cc2C(F)(F)F)nnc1SC. The van der Waals surface area contributed by atoms with Crippen LogP contribution in [0.2, 0.25) is 5.02 Å². The van der Waals surface area contributed by atoms with E-state index in [1.165, 1.54) is 17.8 Å². The molecule has 1 aromatic heterocycles. The van der Waals surface area contributed by atoms with Gasteiger partial charge in [0.1, 0.15) is 0 Å². The third kappa shape index (κ3) is 4.79. The second-order valence-electron chi connectivity index (χ2n) is 4.84. The lowest BCUT2D eigenvalue weighted by atomic mass is 10.1. The van der Waals surface area contributed by atoms with E-state index in [9.17, 15) is 18.0 Å². The Morgan fingerprint density at radius 1 is 1.36 bits per heavy atom. The van der Waals surface area contributed by atoms with Crippen molar-refractivity contribution in [3.05, 3.63) is 34.6 Å². The van der Waals surface area contributed by atoms with E-state index in [-0.39, 0.29) is 17.3 Å². The van der Waals surface area contributed by atoms with E-state index in [1.54, 1.807) is 4.57 Å². The van der Waals surface area contributed by atoms with Gasteiger partial charge in [-0.1, -0.05) is 23.4 Å². The highest BCUT2D eigenvalue weighted by molar-refractivity contribution is 7.98. The van der Waals surface area contributed by atoms with Gasteiger partial charge in [0.05, 0.1) is 17.8 Å². The molecule has 0 atom stereocenters. The lowest BCUT2D eigenvalue weighted by Gasteiger charge is -2.14. The first kappa shape index (κ1) is 19.4. The quantitative estimate of drug-likeness (QED) is 0.753. The summed E-state index contributed by atoms with van der Waals surface area (Å²) >= 11 is 7.01. The molecule has 0 aliphatic carbocycles. The van der Waals surface area contributed by atoms with Gasteiger partial charge in [0.15, 0.2) is 11.0 Å². The molecule has 136 valence electrons. The zero-order chi connectivity index (χ0) is 18.6. The molecule has 25 heavy (non-hydrogen) atoms. The predicted octanol–water partition coefficient (Wildman–Crippen LogP) is 4.01. The van der Waals surface area contributed by atoms with Crippen molar-refractivity contribution < 1.29 is 18.0 Å². The Kier molecular flexibility index (Phi) is 6.17. The Hall–Kier alpha value is -1.94. The number of aromatic nitrogens is 3. The second kappa shape index (κ2) is 7.96. The van der Waals surface area contributed by atoms with Crippen molar-refractivity contribution in [3.63, 3.8) is 0 Å². The summed E-state index contributed by atoms with van der Waals surface area (Å²) in [4.78, 5) is 11.9. The number of rotatable bonds is 5. The van der Waals surface area contributed by atoms with Gasteiger partial charge >= 0.3 is 12.2 Å². The van der Waals surface area contributed by atoms with E-state index in [1.807, 2.05) is 13.2 Å². The maximum absolute atomic E-state index is 13.0. The van der Waals surface area contributed by atoms with E-state index in [0.29, 0.717) is 17.5 Å². The Bertz CT molecular complexity index is 765. The fourth-order valence-corrected chi connectivity index (χ4v) is 2.85. The van der Waals surface area contributed by atoms with Crippen molar-refractivity contribution in [2.75, 3.05) is 11.6 Å². The summed E-state index contributed by atoms with van der Waals surface area (Å²) in [7, 11) is 0. The number of amides is 2. The minimum absolute atomic E-state index is 0.0299. The van der Waals surface area contributed by atoms with Crippen LogP contribution in [0.4, 0.5) is 23.7 Å². The summed E-state index contributed by atoms with van der Waals surface area (Å²) in [5.41, 5.74) is -1.40. The van der Waals surface area contributed by atoms with Crippen LogP contribution in [0, 0.1) is 0 Å². The maximum Gasteiger partial charge on any atom is 0.418 e. The topological polar surface area (TPSA) is 71.8 Å². The number of nitrogens with one attached hydrogen (secondary N) is 2. The number of nitrogens with zero attached hydrogens (tertiary/aromatic N) is 3. The Balaban J connectivity index is 2.08. The van der Waals surface area contributed by atoms with Crippen LogP contribution in [-0.4, -0.2) is 27.1 Å². The number of alkyl halides is 3. The highest BCUT2D eigenvalue weighted by Gasteiger charge is 2.34. The third-order valence-corrected chi connectivity index (χ3v) is 4.14. The molecule has 0 aliphatic rings. The average Bonchev–Trinajstić information content (AvgIpc) is 2.95. The number of hydrogen-bond acceptors (Lipinski definition) is 4. The molecule has 0 aliphatic heterocycles. The summed E-state index contributed by atoms with van der Waals surface area (Å²) in [6.45, 7) is 2.54. The predicted molar refractivity (Wildman–Crippen MR) is 89.8 cm³/mol. The van der Waals surface area contributed by atoms with Gasteiger partial charge in [-0.3, -0.25) is 0 Å². The van der Waals surface area contributed by atoms with Crippen LogP contribution in [0.15, 0.2) is 23.4 Å². The molecule has 1 heterocycles. The summed E-state index contributed by atoms with van der Waals surface area (Å²) in [5.74, 6) is 0.508. The third-order valence-electron chi connectivity index (χ3n) is 3.23. The molecule has 0 unspecified atom stereocenters. The van der Waals surface area contributed by atoms with Crippen LogP contribution < -0.4 is 10.6 Å². The number of carbonyl (C=O) groups is 1. The molecular formula is C14H15ClF3N5OS. The molecule has 11 heteroatoms. The van der Waals surface area contributed by atoms with E-state index >= 15 is 0 Å². The first-order chi connectivity index (χ1) is 11.8. The molecule has 2 amide bonds. The molecule has 0 saturated heterocycles. The maximum atomic E-state index is 13.0. The molecule has 2 N–H and O–H groups in total. The second-order valence-corrected chi connectivity index (χ2v) is 6.05. The molecule has 0 spiro atoms. The van der Waals surface area contributed by atoms with Crippen LogP contribution in [0.25, 0.3) is 0 Å². The Morgan fingerprint density at radius 2 is 2.08 bits per heavy atom. The zero-order valence-electron chi connectivity index (χ0n) is 13.3. The molecule has 0 radical (unpaired) electrons. The van der Waals surface area contributed by atoms with E-state index in [0.717, 1.165) is 12.1 Å². The highest BCUT2D eigenvalue weighted by atomic mass is 35.5. The van der Waals surface area contributed by atoms with Gasteiger partial charge < -0.3 is 15.2 Å². The lowest BCUT2D eigenvalue weighted by molar-refractivity contribution is -0.136. The number of carbonyl (C=O) groups excluding carboxylic acids is 1. The van der Waals surface area contributed by atoms with E-state index < -0.39 is 17.8 Å². The van der Waals surface area contributed by atoms with E-state index in [2.05, 4.69) is 20.8 Å². The van der Waals surface area contributed by atoms with Crippen molar-refractivity contribution in [3.8, 4) is 0 Å². The normalized spacial score (nSPS) is 11.4. The van der Waals surface area contributed by atoms with Crippen molar-refractivity contribution in [1.82, 2.24) is 20.1 Å². The van der Waals surface area contributed by atoms with Gasteiger partial charge in [0.2, 0.25) is 0 Å². The molecule has 0 bridgehead atoms. The van der Waals surface area contributed by atoms with Gasteiger partial charge in [0.25, 0.3) is 0 Å². The molecule has 1 aromatic carbocycles. The number of halogens is 4. The van der Waals surface area contributed by atoms with Crippen LogP contribution >= 0.6 is 23.4 Å².